The highest BCUT2D eigenvalue weighted by molar-refractivity contribution is 8.02. The molecule has 0 aromatic heterocycles. The number of thioether (sulfide) groups is 1. The number of hydrogen-bond acceptors (Lipinski definition) is 3. The molecule has 0 N–H and O–H groups in total. The summed E-state index contributed by atoms with van der Waals surface area (Å²) in [5, 5.41) is 3.31. The van der Waals surface area contributed by atoms with Crippen molar-refractivity contribution in [1.29, 1.82) is 0 Å². The third-order valence-corrected chi connectivity index (χ3v) is 7.11. The minimum Gasteiger partial charge on any atom is -0.348 e. The van der Waals surface area contributed by atoms with Gasteiger partial charge in [0.1, 0.15) is 6.17 Å². The van der Waals surface area contributed by atoms with E-state index in [1.54, 1.807) is 11.8 Å². The average Bonchev–Trinajstić information content (AvgIpc) is 3.09. The van der Waals surface area contributed by atoms with Gasteiger partial charge in [-0.1, -0.05) is 60.1 Å². The Labute approximate surface area is 186 Å². The average molecular weight is 454 g/mol. The van der Waals surface area contributed by atoms with Gasteiger partial charge in [0.15, 0.2) is 0 Å². The molecule has 148 valence electrons. The minimum atomic E-state index is 0.0106. The molecule has 28 heavy (non-hydrogen) atoms. The van der Waals surface area contributed by atoms with Crippen LogP contribution in [0.3, 0.4) is 0 Å². The quantitative estimate of drug-likeness (QED) is 0.463. The Kier molecular flexibility index (Phi) is 6.37. The molecule has 0 spiro atoms. The zero-order valence-electron chi connectivity index (χ0n) is 15.7. The summed E-state index contributed by atoms with van der Waals surface area (Å²) in [4.78, 5) is 4.87. The molecule has 1 aliphatic carbocycles. The predicted molar refractivity (Wildman–Crippen MR) is 123 cm³/mol. The van der Waals surface area contributed by atoms with Crippen molar-refractivity contribution >= 4 is 52.3 Å². The van der Waals surface area contributed by atoms with Gasteiger partial charge in [0.2, 0.25) is 0 Å². The molecular formula is C22H23Cl3N2S. The largest absolute Gasteiger partial charge is 0.348 e. The van der Waals surface area contributed by atoms with Crippen molar-refractivity contribution in [3.05, 3.63) is 74.3 Å². The van der Waals surface area contributed by atoms with E-state index in [2.05, 4.69) is 40.5 Å². The normalized spacial score (nSPS) is 20.6. The van der Waals surface area contributed by atoms with E-state index < -0.39 is 0 Å². The van der Waals surface area contributed by atoms with E-state index in [1.807, 2.05) is 24.3 Å². The lowest BCUT2D eigenvalue weighted by Gasteiger charge is -2.40. The molecule has 1 fully saturated rings. The van der Waals surface area contributed by atoms with Crippen LogP contribution in [0.5, 0.6) is 0 Å². The molecule has 2 aromatic carbocycles. The number of rotatable bonds is 4. The van der Waals surface area contributed by atoms with Gasteiger partial charge in [-0.25, -0.2) is 0 Å². The van der Waals surface area contributed by atoms with Crippen LogP contribution in [0.4, 0.5) is 5.69 Å². The van der Waals surface area contributed by atoms with Crippen LogP contribution in [0.25, 0.3) is 0 Å². The van der Waals surface area contributed by atoms with Crippen LogP contribution in [-0.2, 0) is 0 Å². The molecule has 4 rings (SSSR count). The Hall–Kier alpha value is -1.00. The summed E-state index contributed by atoms with van der Waals surface area (Å²) in [7, 11) is 0. The van der Waals surface area contributed by atoms with Gasteiger partial charge in [-0.15, -0.1) is 11.8 Å². The standard InChI is InChI=1S/C22H23Cl3N2S/c1-28-21-14-26(17-5-3-2-4-6-17)22(19-12-9-16(24)13-20(19)25)27(21)18-10-7-15(23)8-11-18/h7-14,17,22H,2-6H2,1H3. The van der Waals surface area contributed by atoms with Gasteiger partial charge in [-0.05, 0) is 55.5 Å². The van der Waals surface area contributed by atoms with Crippen LogP contribution in [-0.4, -0.2) is 17.2 Å². The second-order valence-electron chi connectivity index (χ2n) is 7.30. The molecule has 1 aliphatic heterocycles. The van der Waals surface area contributed by atoms with Crippen molar-refractivity contribution in [3.8, 4) is 0 Å². The van der Waals surface area contributed by atoms with E-state index in [4.69, 9.17) is 34.8 Å². The smallest absolute Gasteiger partial charge is 0.134 e. The molecular weight excluding hydrogens is 431 g/mol. The molecule has 1 heterocycles. The van der Waals surface area contributed by atoms with Crippen LogP contribution in [0.15, 0.2) is 53.7 Å². The van der Waals surface area contributed by atoms with Crippen LogP contribution in [0.2, 0.25) is 15.1 Å². The maximum absolute atomic E-state index is 6.69. The first-order valence-electron chi connectivity index (χ1n) is 9.61. The first-order valence-corrected chi connectivity index (χ1v) is 12.0. The third-order valence-electron chi connectivity index (χ3n) is 5.57. The Bertz CT molecular complexity index is 863. The van der Waals surface area contributed by atoms with Crippen LogP contribution in [0, 0.1) is 0 Å². The lowest BCUT2D eigenvalue weighted by Crippen LogP contribution is -2.39. The SMILES string of the molecule is CSC1=CN(C2CCCCC2)C(c2ccc(Cl)cc2Cl)N1c1ccc(Cl)cc1. The van der Waals surface area contributed by atoms with Crippen LogP contribution in [0.1, 0.15) is 43.8 Å². The molecule has 1 unspecified atom stereocenters. The number of halogens is 3. The maximum Gasteiger partial charge on any atom is 0.134 e. The second kappa shape index (κ2) is 8.79. The van der Waals surface area contributed by atoms with Gasteiger partial charge >= 0.3 is 0 Å². The summed E-state index contributed by atoms with van der Waals surface area (Å²) < 4.78 is 0. The topological polar surface area (TPSA) is 6.48 Å². The van der Waals surface area contributed by atoms with E-state index in [-0.39, 0.29) is 6.17 Å². The van der Waals surface area contributed by atoms with Crippen LogP contribution < -0.4 is 4.90 Å². The Balaban J connectivity index is 1.81. The molecule has 2 aliphatic rings. The first-order chi connectivity index (χ1) is 13.6. The van der Waals surface area contributed by atoms with E-state index in [0.29, 0.717) is 16.1 Å². The summed E-state index contributed by atoms with van der Waals surface area (Å²) in [5.74, 6) is 0. The summed E-state index contributed by atoms with van der Waals surface area (Å²) in [5.41, 5.74) is 2.19. The van der Waals surface area contributed by atoms with Crippen LogP contribution >= 0.6 is 46.6 Å². The molecule has 1 atom stereocenters. The fraction of sp³-hybridized carbons (Fsp3) is 0.364. The van der Waals surface area contributed by atoms with Gasteiger partial charge in [-0.2, -0.15) is 0 Å². The molecule has 2 aromatic rings. The number of benzene rings is 2. The lowest BCUT2D eigenvalue weighted by atomic mass is 9.93. The second-order valence-corrected chi connectivity index (χ2v) is 9.40. The number of anilines is 1. The minimum absolute atomic E-state index is 0.0106. The van der Waals surface area contributed by atoms with Crippen molar-refractivity contribution in [2.75, 3.05) is 11.2 Å². The third kappa shape index (κ3) is 4.00. The van der Waals surface area contributed by atoms with Gasteiger partial charge < -0.3 is 9.80 Å². The fourth-order valence-corrected chi connectivity index (χ4v) is 5.49. The van der Waals surface area contributed by atoms with Gasteiger partial charge in [0.25, 0.3) is 0 Å². The highest BCUT2D eigenvalue weighted by atomic mass is 35.5. The van der Waals surface area contributed by atoms with Crippen molar-refractivity contribution in [2.45, 2.75) is 44.3 Å². The zero-order valence-corrected chi connectivity index (χ0v) is 18.8. The number of nitrogens with zero attached hydrogens (tertiary/aromatic N) is 2. The summed E-state index contributed by atoms with van der Waals surface area (Å²) in [6, 6.07) is 14.4. The summed E-state index contributed by atoms with van der Waals surface area (Å²) >= 11 is 20.8. The predicted octanol–water partition coefficient (Wildman–Crippen LogP) is 7.96. The zero-order chi connectivity index (χ0) is 19.7. The van der Waals surface area contributed by atoms with E-state index in [9.17, 15) is 0 Å². The Morgan fingerprint density at radius 3 is 2.21 bits per heavy atom. The highest BCUT2D eigenvalue weighted by Crippen LogP contribution is 2.47. The molecule has 1 saturated carbocycles. The molecule has 0 radical (unpaired) electrons. The molecule has 6 heteroatoms. The Morgan fingerprint density at radius 1 is 0.893 bits per heavy atom. The molecule has 0 amide bonds. The highest BCUT2D eigenvalue weighted by Gasteiger charge is 2.39. The lowest BCUT2D eigenvalue weighted by molar-refractivity contribution is 0.179. The van der Waals surface area contributed by atoms with E-state index >= 15 is 0 Å². The fourth-order valence-electron chi connectivity index (χ4n) is 4.23. The van der Waals surface area contributed by atoms with Gasteiger partial charge in [-0.3, -0.25) is 0 Å². The maximum atomic E-state index is 6.69. The molecule has 0 bridgehead atoms. The monoisotopic (exact) mass is 452 g/mol. The number of hydrogen-bond donors (Lipinski definition) is 0. The molecule has 2 nitrogen and oxygen atoms in total. The van der Waals surface area contributed by atoms with Crippen molar-refractivity contribution in [3.63, 3.8) is 0 Å². The van der Waals surface area contributed by atoms with E-state index in [1.165, 1.54) is 37.1 Å². The van der Waals surface area contributed by atoms with Crippen molar-refractivity contribution < 1.29 is 0 Å². The summed E-state index contributed by atoms with van der Waals surface area (Å²) in [6.07, 6.45) is 10.8. The van der Waals surface area contributed by atoms with Gasteiger partial charge in [0, 0.05) is 38.6 Å². The first kappa shape index (κ1) is 20.3. The Morgan fingerprint density at radius 2 is 1.57 bits per heavy atom. The van der Waals surface area contributed by atoms with Gasteiger partial charge in [0.05, 0.1) is 5.03 Å². The molecule has 0 saturated heterocycles. The van der Waals surface area contributed by atoms with Crippen molar-refractivity contribution in [1.82, 2.24) is 4.90 Å². The van der Waals surface area contributed by atoms with Crippen molar-refractivity contribution in [2.24, 2.45) is 0 Å². The van der Waals surface area contributed by atoms with E-state index in [0.717, 1.165) is 16.3 Å². The summed E-state index contributed by atoms with van der Waals surface area (Å²) in [6.45, 7) is 0.